The lowest BCUT2D eigenvalue weighted by Gasteiger charge is -2.19. The first kappa shape index (κ1) is 19.5. The first-order valence-corrected chi connectivity index (χ1v) is 11.0. The summed E-state index contributed by atoms with van der Waals surface area (Å²) in [6.07, 6.45) is 6.90. The molecule has 1 aromatic heterocycles. The van der Waals surface area contributed by atoms with E-state index in [-0.39, 0.29) is 17.0 Å². The fourth-order valence-corrected chi connectivity index (χ4v) is 6.28. The standard InChI is InChI=1S/C23H21N2S2.BrH/c1-3-24-18-9-5-7-11-20(18)26-22(24)16-13-14-17(15-16)23-25(4-2)19-10-6-8-12-21(19)27-23;/h5-15H,3-4H2,1-2H3;1H/q+1;/p-1. The van der Waals surface area contributed by atoms with Crippen LogP contribution in [0.1, 0.15) is 18.9 Å². The monoisotopic (exact) mass is 468 g/mol. The topological polar surface area (TPSA) is 7.12 Å². The third kappa shape index (κ3) is 3.06. The van der Waals surface area contributed by atoms with Crippen molar-refractivity contribution in [1.82, 2.24) is 0 Å². The highest BCUT2D eigenvalue weighted by atomic mass is 79.9. The van der Waals surface area contributed by atoms with E-state index in [1.807, 2.05) is 23.1 Å². The molecular formula is C23H21BrN2S2. The summed E-state index contributed by atoms with van der Waals surface area (Å²) in [6, 6.07) is 17.4. The molecule has 1 aliphatic carbocycles. The fraction of sp³-hybridized carbons (Fsp3) is 0.174. The average Bonchev–Trinajstić information content (AvgIpc) is 3.41. The fourth-order valence-electron chi connectivity index (χ4n) is 3.84. The summed E-state index contributed by atoms with van der Waals surface area (Å²) < 4.78 is 3.78. The molecule has 2 aromatic carbocycles. The van der Waals surface area contributed by atoms with E-state index in [2.05, 4.69) is 90.1 Å². The van der Waals surface area contributed by atoms with Crippen molar-refractivity contribution in [2.45, 2.75) is 25.3 Å². The Hall–Kier alpha value is -1.82. The van der Waals surface area contributed by atoms with Crippen LogP contribution in [0.5, 0.6) is 0 Å². The van der Waals surface area contributed by atoms with Crippen LogP contribution in [0, 0.1) is 0 Å². The van der Waals surface area contributed by atoms with Crippen LogP contribution in [0.2, 0.25) is 0 Å². The van der Waals surface area contributed by atoms with E-state index in [0.717, 1.165) is 13.1 Å². The van der Waals surface area contributed by atoms with E-state index >= 15 is 0 Å². The number of benzene rings is 2. The van der Waals surface area contributed by atoms with Gasteiger partial charge in [0.1, 0.15) is 11.2 Å². The van der Waals surface area contributed by atoms with Gasteiger partial charge in [-0.1, -0.05) is 53.4 Å². The van der Waals surface area contributed by atoms with Gasteiger partial charge in [-0.3, -0.25) is 0 Å². The molecule has 0 atom stereocenters. The van der Waals surface area contributed by atoms with Gasteiger partial charge < -0.3 is 21.9 Å². The molecule has 142 valence electrons. The van der Waals surface area contributed by atoms with Crippen molar-refractivity contribution >= 4 is 44.6 Å². The molecule has 3 aromatic rings. The Bertz CT molecular complexity index is 1140. The molecular weight excluding hydrogens is 448 g/mol. The van der Waals surface area contributed by atoms with Gasteiger partial charge in [0.25, 0.3) is 5.01 Å². The largest absolute Gasteiger partial charge is 1.00 e. The quantitative estimate of drug-likeness (QED) is 0.545. The maximum absolute atomic E-state index is 2.43. The molecule has 2 aliphatic rings. The lowest BCUT2D eigenvalue weighted by molar-refractivity contribution is -0.665. The molecule has 0 N–H and O–H groups in total. The second-order valence-corrected chi connectivity index (χ2v) is 8.69. The zero-order valence-corrected chi connectivity index (χ0v) is 19.1. The molecule has 0 fully saturated rings. The smallest absolute Gasteiger partial charge is 0.270 e. The van der Waals surface area contributed by atoms with E-state index in [1.165, 1.54) is 42.0 Å². The summed E-state index contributed by atoms with van der Waals surface area (Å²) in [5.41, 5.74) is 5.28. The summed E-state index contributed by atoms with van der Waals surface area (Å²) in [6.45, 7) is 6.42. The first-order chi connectivity index (χ1) is 13.3. The van der Waals surface area contributed by atoms with E-state index in [1.54, 1.807) is 0 Å². The highest BCUT2D eigenvalue weighted by Crippen LogP contribution is 2.48. The lowest BCUT2D eigenvalue weighted by atomic mass is 10.2. The Morgan fingerprint density at radius 1 is 0.964 bits per heavy atom. The van der Waals surface area contributed by atoms with Crippen molar-refractivity contribution in [1.29, 1.82) is 0 Å². The number of allylic oxidation sites excluding steroid dienone is 5. The van der Waals surface area contributed by atoms with Crippen LogP contribution in [0.3, 0.4) is 0 Å². The Kier molecular flexibility index (Phi) is 5.50. The molecule has 2 nitrogen and oxygen atoms in total. The molecule has 5 heteroatoms. The highest BCUT2D eigenvalue weighted by Gasteiger charge is 2.28. The van der Waals surface area contributed by atoms with Gasteiger partial charge in [0.05, 0.1) is 16.3 Å². The average molecular weight is 469 g/mol. The number of halogens is 1. The molecule has 5 rings (SSSR count). The van der Waals surface area contributed by atoms with Gasteiger partial charge >= 0.3 is 0 Å². The molecule has 1 aliphatic heterocycles. The number of hydrogen-bond donors (Lipinski definition) is 0. The van der Waals surface area contributed by atoms with Gasteiger partial charge in [-0.2, -0.15) is 4.57 Å². The minimum atomic E-state index is 0. The van der Waals surface area contributed by atoms with Gasteiger partial charge in [0, 0.05) is 23.1 Å². The number of aryl methyl sites for hydroxylation is 1. The van der Waals surface area contributed by atoms with Gasteiger partial charge in [0.2, 0.25) is 5.52 Å². The van der Waals surface area contributed by atoms with Crippen molar-refractivity contribution in [2.24, 2.45) is 0 Å². The third-order valence-corrected chi connectivity index (χ3v) is 7.52. The number of thioether (sulfide) groups is 1. The lowest BCUT2D eigenvalue weighted by Crippen LogP contribution is -3.00. The number of anilines is 1. The zero-order valence-electron chi connectivity index (χ0n) is 15.9. The number of fused-ring (bicyclic) bond motifs is 2. The third-order valence-electron chi connectivity index (χ3n) is 5.10. The summed E-state index contributed by atoms with van der Waals surface area (Å²) in [4.78, 5) is 3.78. The SMILES string of the molecule is CCN1C(=C2C=CC(c3sc4ccccc4[n+]3CC)=C2)Sc2ccccc21.[Br-]. The molecule has 0 unspecified atom stereocenters. The van der Waals surface area contributed by atoms with E-state index in [4.69, 9.17) is 0 Å². The van der Waals surface area contributed by atoms with Gasteiger partial charge in [-0.15, -0.1) is 0 Å². The Labute approximate surface area is 184 Å². The van der Waals surface area contributed by atoms with Gasteiger partial charge in [-0.05, 0) is 44.2 Å². The number of hydrogen-bond acceptors (Lipinski definition) is 3. The van der Waals surface area contributed by atoms with E-state index in [9.17, 15) is 0 Å². The minimum Gasteiger partial charge on any atom is -1.00 e. The summed E-state index contributed by atoms with van der Waals surface area (Å²) in [5.74, 6) is 0. The maximum atomic E-state index is 2.43. The van der Waals surface area contributed by atoms with Crippen LogP contribution in [-0.2, 0) is 6.54 Å². The van der Waals surface area contributed by atoms with Crippen LogP contribution in [-0.4, -0.2) is 6.54 Å². The minimum absolute atomic E-state index is 0. The number of nitrogens with zero attached hydrogens (tertiary/aromatic N) is 2. The second-order valence-electron chi connectivity index (χ2n) is 6.63. The predicted molar refractivity (Wildman–Crippen MR) is 117 cm³/mol. The number of aromatic nitrogens is 1. The Morgan fingerprint density at radius 2 is 1.75 bits per heavy atom. The van der Waals surface area contributed by atoms with Crippen molar-refractivity contribution in [2.75, 3.05) is 11.4 Å². The van der Waals surface area contributed by atoms with Crippen LogP contribution in [0.4, 0.5) is 5.69 Å². The Balaban J connectivity index is 0.00000192. The van der Waals surface area contributed by atoms with Crippen molar-refractivity contribution < 1.29 is 21.5 Å². The van der Waals surface area contributed by atoms with Gasteiger partial charge in [0.15, 0.2) is 0 Å². The van der Waals surface area contributed by atoms with Gasteiger partial charge in [-0.25, -0.2) is 0 Å². The normalized spacial score (nSPS) is 17.8. The van der Waals surface area contributed by atoms with Crippen molar-refractivity contribution in [3.63, 3.8) is 0 Å². The molecule has 28 heavy (non-hydrogen) atoms. The van der Waals surface area contributed by atoms with E-state index in [0.29, 0.717) is 0 Å². The van der Waals surface area contributed by atoms with Crippen LogP contribution < -0.4 is 26.4 Å². The predicted octanol–water partition coefficient (Wildman–Crippen LogP) is 3.01. The van der Waals surface area contributed by atoms with Crippen molar-refractivity contribution in [3.8, 4) is 0 Å². The molecule has 0 saturated heterocycles. The van der Waals surface area contributed by atoms with Crippen LogP contribution in [0.25, 0.3) is 15.8 Å². The second kappa shape index (κ2) is 7.90. The molecule has 2 heterocycles. The molecule has 0 spiro atoms. The maximum Gasteiger partial charge on any atom is 0.270 e. The summed E-state index contributed by atoms with van der Waals surface area (Å²) in [5, 5.41) is 2.68. The molecule has 0 bridgehead atoms. The van der Waals surface area contributed by atoms with E-state index < -0.39 is 0 Å². The first-order valence-electron chi connectivity index (χ1n) is 9.40. The summed E-state index contributed by atoms with van der Waals surface area (Å²) in [7, 11) is 0. The molecule has 0 saturated carbocycles. The number of rotatable bonds is 3. The Morgan fingerprint density at radius 3 is 2.57 bits per heavy atom. The molecule has 0 radical (unpaired) electrons. The summed E-state index contributed by atoms with van der Waals surface area (Å²) >= 11 is 3.77. The number of thiazole rings is 1. The van der Waals surface area contributed by atoms with Crippen molar-refractivity contribution in [3.05, 3.63) is 82.4 Å². The highest BCUT2D eigenvalue weighted by molar-refractivity contribution is 8.03. The molecule has 0 amide bonds. The number of para-hydroxylation sites is 2. The van der Waals surface area contributed by atoms with Crippen LogP contribution in [0.15, 0.2) is 82.3 Å². The zero-order chi connectivity index (χ0) is 18.4. The van der Waals surface area contributed by atoms with Crippen LogP contribution >= 0.6 is 23.1 Å².